The Hall–Kier alpha value is -0.450. The van der Waals surface area contributed by atoms with Crippen molar-refractivity contribution in [3.63, 3.8) is 0 Å². The van der Waals surface area contributed by atoms with Crippen molar-refractivity contribution in [3.05, 3.63) is 16.1 Å². The number of nitrogens with zero attached hydrogens (tertiary/aromatic N) is 2. The van der Waals surface area contributed by atoms with E-state index in [0.29, 0.717) is 6.04 Å². The van der Waals surface area contributed by atoms with E-state index in [1.54, 1.807) is 11.3 Å². The minimum atomic E-state index is -0.176. The average molecular weight is 239 g/mol. The summed E-state index contributed by atoms with van der Waals surface area (Å²) in [4.78, 5) is 7.04. The molecule has 0 radical (unpaired) electrons. The summed E-state index contributed by atoms with van der Waals surface area (Å²) in [7, 11) is 0. The number of nitrogens with two attached hydrogens (primary N) is 1. The van der Waals surface area contributed by atoms with Crippen LogP contribution in [0.25, 0.3) is 0 Å². The lowest BCUT2D eigenvalue weighted by Gasteiger charge is -2.39. The van der Waals surface area contributed by atoms with Crippen LogP contribution in [0.15, 0.2) is 5.38 Å². The molecule has 1 saturated heterocycles. The highest BCUT2D eigenvalue weighted by Gasteiger charge is 2.35. The summed E-state index contributed by atoms with van der Waals surface area (Å²) in [5, 5.41) is 3.21. The van der Waals surface area contributed by atoms with E-state index < -0.39 is 0 Å². The maximum Gasteiger partial charge on any atom is 0.113 e. The molecule has 0 aliphatic carbocycles. The zero-order valence-corrected chi connectivity index (χ0v) is 11.2. The second-order valence-corrected chi connectivity index (χ2v) is 5.94. The van der Waals surface area contributed by atoms with Gasteiger partial charge in [0.25, 0.3) is 0 Å². The number of hydrogen-bond acceptors (Lipinski definition) is 4. The smallest absolute Gasteiger partial charge is 0.113 e. The summed E-state index contributed by atoms with van der Waals surface area (Å²) in [5.41, 5.74) is 7.39. The first-order chi connectivity index (χ1) is 7.51. The van der Waals surface area contributed by atoms with Crippen molar-refractivity contribution in [2.24, 2.45) is 5.73 Å². The van der Waals surface area contributed by atoms with Crippen molar-refractivity contribution in [3.8, 4) is 0 Å². The van der Waals surface area contributed by atoms with E-state index in [1.165, 1.54) is 0 Å². The van der Waals surface area contributed by atoms with Gasteiger partial charge in [-0.15, -0.1) is 11.3 Å². The number of aryl methyl sites for hydroxylation is 1. The third kappa shape index (κ3) is 2.29. The van der Waals surface area contributed by atoms with Gasteiger partial charge >= 0.3 is 0 Å². The van der Waals surface area contributed by atoms with Crippen molar-refractivity contribution < 1.29 is 0 Å². The van der Waals surface area contributed by atoms with Gasteiger partial charge in [0, 0.05) is 30.2 Å². The Morgan fingerprint density at radius 2 is 2.06 bits per heavy atom. The Morgan fingerprint density at radius 3 is 2.50 bits per heavy atom. The van der Waals surface area contributed by atoms with Gasteiger partial charge < -0.3 is 10.6 Å². The highest BCUT2D eigenvalue weighted by Crippen LogP contribution is 2.32. The van der Waals surface area contributed by atoms with Crippen LogP contribution < -0.4 is 5.73 Å². The van der Waals surface area contributed by atoms with Crippen LogP contribution in [0.3, 0.4) is 0 Å². The molecule has 0 amide bonds. The molecule has 2 heterocycles. The first-order valence-corrected chi connectivity index (χ1v) is 6.85. The summed E-state index contributed by atoms with van der Waals surface area (Å²) in [6.07, 6.45) is 2.05. The molecule has 1 aromatic heterocycles. The fraction of sp³-hybridized carbons (Fsp3) is 0.750. The molecule has 0 spiro atoms. The number of rotatable bonds is 2. The number of hydrogen-bond donors (Lipinski definition) is 1. The van der Waals surface area contributed by atoms with Gasteiger partial charge in [0.2, 0.25) is 0 Å². The molecular formula is C12H21N3S. The molecule has 1 aliphatic heterocycles. The number of piperidine rings is 1. The van der Waals surface area contributed by atoms with E-state index in [-0.39, 0.29) is 5.54 Å². The van der Waals surface area contributed by atoms with Crippen LogP contribution in [0, 0.1) is 6.92 Å². The molecule has 0 atom stereocenters. The standard InChI is InChI=1S/C12H21N3S/c1-9(2)15-6-4-12(13,5-7-15)11-14-10(3)8-16-11/h8-9H,4-7,13H2,1-3H3. The Kier molecular flexibility index (Phi) is 3.33. The van der Waals surface area contributed by atoms with Crippen molar-refractivity contribution in [2.45, 2.75) is 45.2 Å². The normalized spacial score (nSPS) is 21.6. The third-order valence-corrected chi connectivity index (χ3v) is 4.65. The maximum atomic E-state index is 6.48. The van der Waals surface area contributed by atoms with Crippen molar-refractivity contribution in [1.82, 2.24) is 9.88 Å². The molecule has 1 fully saturated rings. The predicted octanol–water partition coefficient (Wildman–Crippen LogP) is 2.11. The fourth-order valence-electron chi connectivity index (χ4n) is 2.24. The molecule has 0 bridgehead atoms. The second kappa shape index (κ2) is 4.43. The average Bonchev–Trinajstić information content (AvgIpc) is 2.66. The van der Waals surface area contributed by atoms with Crippen molar-refractivity contribution >= 4 is 11.3 Å². The van der Waals surface area contributed by atoms with Gasteiger partial charge in [0.05, 0.1) is 5.54 Å². The van der Waals surface area contributed by atoms with Crippen LogP contribution in [0.1, 0.15) is 37.4 Å². The molecule has 3 nitrogen and oxygen atoms in total. The number of likely N-dealkylation sites (tertiary alicyclic amines) is 1. The minimum absolute atomic E-state index is 0.176. The molecule has 2 N–H and O–H groups in total. The molecule has 1 aromatic rings. The quantitative estimate of drug-likeness (QED) is 0.859. The van der Waals surface area contributed by atoms with E-state index in [1.807, 2.05) is 6.92 Å². The first kappa shape index (κ1) is 12.0. The molecule has 0 aromatic carbocycles. The van der Waals surface area contributed by atoms with E-state index in [2.05, 4.69) is 29.1 Å². The van der Waals surface area contributed by atoms with Crippen LogP contribution in [-0.2, 0) is 5.54 Å². The van der Waals surface area contributed by atoms with Crippen LogP contribution in [-0.4, -0.2) is 29.0 Å². The highest BCUT2D eigenvalue weighted by molar-refractivity contribution is 7.09. The summed E-state index contributed by atoms with van der Waals surface area (Å²) in [5.74, 6) is 0. The summed E-state index contributed by atoms with van der Waals surface area (Å²) >= 11 is 1.71. The van der Waals surface area contributed by atoms with Gasteiger partial charge in [0.15, 0.2) is 0 Å². The van der Waals surface area contributed by atoms with Gasteiger partial charge in [-0.1, -0.05) is 0 Å². The SMILES string of the molecule is Cc1csc(C2(N)CCN(C(C)C)CC2)n1. The lowest BCUT2D eigenvalue weighted by Crippen LogP contribution is -2.49. The van der Waals surface area contributed by atoms with Crippen LogP contribution >= 0.6 is 11.3 Å². The fourth-order valence-corrected chi connectivity index (χ4v) is 3.21. The summed E-state index contributed by atoms with van der Waals surface area (Å²) < 4.78 is 0. The number of thiazole rings is 1. The topological polar surface area (TPSA) is 42.1 Å². The van der Waals surface area contributed by atoms with Crippen LogP contribution in [0.2, 0.25) is 0 Å². The van der Waals surface area contributed by atoms with Gasteiger partial charge in [-0.3, -0.25) is 0 Å². The van der Waals surface area contributed by atoms with E-state index in [9.17, 15) is 0 Å². The zero-order valence-electron chi connectivity index (χ0n) is 10.4. The van der Waals surface area contributed by atoms with Crippen molar-refractivity contribution in [1.29, 1.82) is 0 Å². The maximum absolute atomic E-state index is 6.48. The molecule has 90 valence electrons. The number of aromatic nitrogens is 1. The van der Waals surface area contributed by atoms with Crippen molar-refractivity contribution in [2.75, 3.05) is 13.1 Å². The third-order valence-electron chi connectivity index (χ3n) is 3.47. The van der Waals surface area contributed by atoms with Gasteiger partial charge in [-0.2, -0.15) is 0 Å². The molecular weight excluding hydrogens is 218 g/mol. The monoisotopic (exact) mass is 239 g/mol. The van der Waals surface area contributed by atoms with E-state index >= 15 is 0 Å². The Bertz CT molecular complexity index is 351. The summed E-state index contributed by atoms with van der Waals surface area (Å²) in [6.45, 7) is 8.71. The van der Waals surface area contributed by atoms with Gasteiger partial charge in [-0.05, 0) is 33.6 Å². The Labute approximate surface area is 102 Å². The molecule has 1 aliphatic rings. The summed E-state index contributed by atoms with van der Waals surface area (Å²) in [6, 6.07) is 0.627. The van der Waals surface area contributed by atoms with E-state index in [4.69, 9.17) is 5.73 Å². The molecule has 4 heteroatoms. The first-order valence-electron chi connectivity index (χ1n) is 5.97. The molecule has 0 saturated carbocycles. The van der Waals surface area contributed by atoms with E-state index in [0.717, 1.165) is 36.6 Å². The lowest BCUT2D eigenvalue weighted by molar-refractivity contribution is 0.131. The minimum Gasteiger partial charge on any atom is -0.319 e. The second-order valence-electron chi connectivity index (χ2n) is 5.08. The van der Waals surface area contributed by atoms with Gasteiger partial charge in [-0.25, -0.2) is 4.98 Å². The predicted molar refractivity (Wildman–Crippen MR) is 68.7 cm³/mol. The molecule has 2 rings (SSSR count). The van der Waals surface area contributed by atoms with Crippen LogP contribution in [0.4, 0.5) is 0 Å². The lowest BCUT2D eigenvalue weighted by atomic mass is 9.89. The highest BCUT2D eigenvalue weighted by atomic mass is 32.1. The largest absolute Gasteiger partial charge is 0.319 e. The zero-order chi connectivity index (χ0) is 11.8. The molecule has 0 unspecified atom stereocenters. The molecule has 16 heavy (non-hydrogen) atoms. The van der Waals surface area contributed by atoms with Crippen LogP contribution in [0.5, 0.6) is 0 Å². The Morgan fingerprint density at radius 1 is 1.44 bits per heavy atom. The Balaban J connectivity index is 2.06. The van der Waals surface area contributed by atoms with Gasteiger partial charge in [0.1, 0.15) is 5.01 Å².